The molecule has 0 spiro atoms. The zero-order chi connectivity index (χ0) is 14.7. The third-order valence-electron chi connectivity index (χ3n) is 3.39. The zero-order valence-electron chi connectivity index (χ0n) is 11.9. The lowest BCUT2D eigenvalue weighted by Crippen LogP contribution is -2.24. The Morgan fingerprint density at radius 2 is 2.00 bits per heavy atom. The van der Waals surface area contributed by atoms with E-state index >= 15 is 0 Å². The van der Waals surface area contributed by atoms with Crippen LogP contribution in [0.3, 0.4) is 0 Å². The molecule has 2 aromatic rings. The van der Waals surface area contributed by atoms with E-state index in [-0.39, 0.29) is 6.61 Å². The van der Waals surface area contributed by atoms with Gasteiger partial charge in [0.25, 0.3) is 0 Å². The number of aliphatic hydroxyl groups excluding tert-OH is 1. The predicted octanol–water partition coefficient (Wildman–Crippen LogP) is 2.90. The minimum absolute atomic E-state index is 0.182. The van der Waals surface area contributed by atoms with Crippen molar-refractivity contribution in [1.82, 2.24) is 9.78 Å². The van der Waals surface area contributed by atoms with Crippen molar-refractivity contribution in [2.45, 2.75) is 33.4 Å². The molecule has 2 rings (SSSR count). The van der Waals surface area contributed by atoms with Gasteiger partial charge in [-0.05, 0) is 38.5 Å². The summed E-state index contributed by atoms with van der Waals surface area (Å²) in [6.45, 7) is 6.58. The van der Waals surface area contributed by atoms with Crippen molar-refractivity contribution >= 4 is 11.6 Å². The van der Waals surface area contributed by atoms with Gasteiger partial charge in [0.15, 0.2) is 0 Å². The molecule has 1 aromatic heterocycles. The van der Waals surface area contributed by atoms with Crippen LogP contribution >= 0.6 is 11.6 Å². The number of aliphatic hydroxyl groups is 1. The van der Waals surface area contributed by atoms with Crippen LogP contribution in [0.2, 0.25) is 5.02 Å². The number of aromatic nitrogens is 2. The maximum Gasteiger partial charge on any atom is 0.138 e. The van der Waals surface area contributed by atoms with Crippen molar-refractivity contribution in [1.29, 1.82) is 0 Å². The fourth-order valence-electron chi connectivity index (χ4n) is 1.96. The molecule has 5 heteroatoms. The third-order valence-corrected chi connectivity index (χ3v) is 3.71. The quantitative estimate of drug-likeness (QED) is 0.922. The van der Waals surface area contributed by atoms with Crippen LogP contribution in [-0.4, -0.2) is 27.6 Å². The van der Waals surface area contributed by atoms with E-state index in [1.54, 1.807) is 12.1 Å². The molecule has 1 aromatic carbocycles. The number of benzene rings is 1. The number of nitrogens with zero attached hydrogens (tertiary/aromatic N) is 2. The summed E-state index contributed by atoms with van der Waals surface area (Å²) in [7, 11) is 0. The molecule has 108 valence electrons. The van der Waals surface area contributed by atoms with Crippen molar-refractivity contribution in [3.63, 3.8) is 0 Å². The summed E-state index contributed by atoms with van der Waals surface area (Å²) < 4.78 is 7.34. The molecule has 0 saturated carbocycles. The smallest absolute Gasteiger partial charge is 0.138 e. The molecule has 1 N–H and O–H groups in total. The lowest BCUT2D eigenvalue weighted by Gasteiger charge is -2.14. The number of halogens is 1. The Morgan fingerprint density at radius 3 is 2.60 bits per heavy atom. The molecular weight excluding hydrogens is 276 g/mol. The van der Waals surface area contributed by atoms with Crippen LogP contribution in [-0.2, 0) is 6.54 Å². The van der Waals surface area contributed by atoms with E-state index in [4.69, 9.17) is 16.3 Å². The Balaban J connectivity index is 1.94. The van der Waals surface area contributed by atoms with E-state index in [1.807, 2.05) is 37.6 Å². The summed E-state index contributed by atoms with van der Waals surface area (Å²) in [6, 6.07) is 7.22. The minimum atomic E-state index is -0.635. The van der Waals surface area contributed by atoms with E-state index in [0.717, 1.165) is 17.0 Å². The molecule has 0 aliphatic rings. The molecule has 1 atom stereocenters. The number of para-hydroxylation sites is 1. The summed E-state index contributed by atoms with van der Waals surface area (Å²) in [5, 5.41) is 15.0. The molecule has 0 aliphatic heterocycles. The summed E-state index contributed by atoms with van der Waals surface area (Å²) in [4.78, 5) is 0. The van der Waals surface area contributed by atoms with Gasteiger partial charge >= 0.3 is 0 Å². The first-order valence-electron chi connectivity index (χ1n) is 6.55. The molecule has 0 fully saturated rings. The summed E-state index contributed by atoms with van der Waals surface area (Å²) in [5.41, 5.74) is 3.21. The minimum Gasteiger partial charge on any atom is -0.489 e. The van der Waals surface area contributed by atoms with Crippen LogP contribution in [0.15, 0.2) is 24.3 Å². The predicted molar refractivity (Wildman–Crippen MR) is 79.4 cm³/mol. The maximum atomic E-state index is 10.1. The number of aryl methyl sites for hydroxylation is 1. The van der Waals surface area contributed by atoms with Gasteiger partial charge in [0, 0.05) is 5.69 Å². The lowest BCUT2D eigenvalue weighted by molar-refractivity contribution is 0.0887. The molecular formula is C15H19ClN2O2. The summed E-state index contributed by atoms with van der Waals surface area (Å²) >= 11 is 5.99. The Kier molecular flexibility index (Phi) is 4.68. The average molecular weight is 295 g/mol. The Hall–Kier alpha value is -1.52. The highest BCUT2D eigenvalue weighted by Crippen LogP contribution is 2.23. The molecule has 20 heavy (non-hydrogen) atoms. The molecule has 0 radical (unpaired) electrons. The second-order valence-corrected chi connectivity index (χ2v) is 5.28. The van der Waals surface area contributed by atoms with Crippen molar-refractivity contribution in [3.8, 4) is 5.75 Å². The first-order valence-corrected chi connectivity index (χ1v) is 6.93. The second-order valence-electron chi connectivity index (χ2n) is 4.87. The number of ether oxygens (including phenoxy) is 1. The number of rotatable bonds is 5. The standard InChI is InChI=1S/C15H19ClN2O2/c1-10-11(2)17-18(12(10)3)8-13(19)9-20-15-7-5-4-6-14(15)16/h4-7,13,19H,8-9H2,1-3H3/t13-/m1/s1. The monoisotopic (exact) mass is 294 g/mol. The van der Waals surface area contributed by atoms with Gasteiger partial charge in [-0.25, -0.2) is 0 Å². The Bertz CT molecular complexity index is 596. The molecule has 0 amide bonds. The van der Waals surface area contributed by atoms with Gasteiger partial charge in [-0.3, -0.25) is 4.68 Å². The molecule has 0 unspecified atom stereocenters. The first kappa shape index (κ1) is 14.9. The van der Waals surface area contributed by atoms with Crippen molar-refractivity contribution < 1.29 is 9.84 Å². The van der Waals surface area contributed by atoms with Gasteiger partial charge in [-0.1, -0.05) is 23.7 Å². The normalized spacial score (nSPS) is 12.4. The topological polar surface area (TPSA) is 47.3 Å². The first-order chi connectivity index (χ1) is 9.49. The van der Waals surface area contributed by atoms with Crippen LogP contribution in [0, 0.1) is 20.8 Å². The molecule has 4 nitrogen and oxygen atoms in total. The van der Waals surface area contributed by atoms with E-state index in [2.05, 4.69) is 5.10 Å². The molecule has 0 aliphatic carbocycles. The lowest BCUT2D eigenvalue weighted by atomic mass is 10.2. The fraction of sp³-hybridized carbons (Fsp3) is 0.400. The van der Waals surface area contributed by atoms with Gasteiger partial charge in [0.05, 0.1) is 17.3 Å². The van der Waals surface area contributed by atoms with Gasteiger partial charge in [-0.15, -0.1) is 0 Å². The van der Waals surface area contributed by atoms with Crippen molar-refractivity contribution in [3.05, 3.63) is 46.2 Å². The van der Waals surface area contributed by atoms with Gasteiger partial charge in [0.2, 0.25) is 0 Å². The number of hydrogen-bond acceptors (Lipinski definition) is 3. The zero-order valence-corrected chi connectivity index (χ0v) is 12.7. The van der Waals surface area contributed by atoms with E-state index in [9.17, 15) is 5.11 Å². The SMILES string of the molecule is Cc1nn(C[C@@H](O)COc2ccccc2Cl)c(C)c1C. The van der Waals surface area contributed by atoms with Crippen LogP contribution in [0.1, 0.15) is 17.0 Å². The van der Waals surface area contributed by atoms with Crippen LogP contribution in [0.4, 0.5) is 0 Å². The molecule has 0 bridgehead atoms. The Morgan fingerprint density at radius 1 is 1.30 bits per heavy atom. The third kappa shape index (κ3) is 3.32. The van der Waals surface area contributed by atoms with Gasteiger partial charge in [-0.2, -0.15) is 5.10 Å². The average Bonchev–Trinajstić information content (AvgIpc) is 2.65. The van der Waals surface area contributed by atoms with Crippen LogP contribution in [0.25, 0.3) is 0 Å². The molecule has 1 heterocycles. The van der Waals surface area contributed by atoms with Crippen LogP contribution in [0.5, 0.6) is 5.75 Å². The van der Waals surface area contributed by atoms with E-state index < -0.39 is 6.10 Å². The largest absolute Gasteiger partial charge is 0.489 e. The van der Waals surface area contributed by atoms with Gasteiger partial charge in [0.1, 0.15) is 18.5 Å². The summed E-state index contributed by atoms with van der Waals surface area (Å²) in [6.07, 6.45) is -0.635. The second kappa shape index (κ2) is 6.29. The van der Waals surface area contributed by atoms with Crippen molar-refractivity contribution in [2.75, 3.05) is 6.61 Å². The summed E-state index contributed by atoms with van der Waals surface area (Å²) in [5.74, 6) is 0.581. The van der Waals surface area contributed by atoms with Crippen molar-refractivity contribution in [2.24, 2.45) is 0 Å². The fourth-order valence-corrected chi connectivity index (χ4v) is 2.15. The van der Waals surface area contributed by atoms with Gasteiger partial charge < -0.3 is 9.84 Å². The van der Waals surface area contributed by atoms with Crippen LogP contribution < -0.4 is 4.74 Å². The van der Waals surface area contributed by atoms with E-state index in [0.29, 0.717) is 17.3 Å². The number of hydrogen-bond donors (Lipinski definition) is 1. The highest BCUT2D eigenvalue weighted by Gasteiger charge is 2.12. The Labute approximate surface area is 123 Å². The highest BCUT2D eigenvalue weighted by atomic mass is 35.5. The van der Waals surface area contributed by atoms with E-state index in [1.165, 1.54) is 0 Å². The maximum absolute atomic E-state index is 10.1. The molecule has 0 saturated heterocycles. The highest BCUT2D eigenvalue weighted by molar-refractivity contribution is 6.32.